The fourth-order valence-corrected chi connectivity index (χ4v) is 6.32. The number of nitrogen functional groups attached to an aromatic ring is 1. The molecule has 0 aliphatic carbocycles. The van der Waals surface area contributed by atoms with E-state index in [1.165, 1.54) is 4.57 Å². The first-order valence-corrected chi connectivity index (χ1v) is 19.0. The number of amides is 1. The summed E-state index contributed by atoms with van der Waals surface area (Å²) in [7, 11) is 6.48. The van der Waals surface area contributed by atoms with Crippen molar-refractivity contribution < 1.29 is 33.6 Å². The quantitative estimate of drug-likeness (QED) is 0.0846. The van der Waals surface area contributed by atoms with Crippen LogP contribution in [0.2, 0.25) is 0 Å². The highest BCUT2D eigenvalue weighted by Gasteiger charge is 2.42. The van der Waals surface area contributed by atoms with Gasteiger partial charge in [-0.2, -0.15) is 4.98 Å². The zero-order valence-corrected chi connectivity index (χ0v) is 28.5. The van der Waals surface area contributed by atoms with E-state index in [0.717, 1.165) is 11.5 Å². The van der Waals surface area contributed by atoms with Gasteiger partial charge in [0.25, 0.3) is 0 Å². The molecule has 13 nitrogen and oxygen atoms in total. The number of nitrogens with zero attached hydrogens (tertiary/aromatic N) is 2. The van der Waals surface area contributed by atoms with Crippen molar-refractivity contribution in [1.82, 2.24) is 20.2 Å². The number of hydrogen-bond donors (Lipinski definition) is 4. The number of aromatic nitrogens is 2. The lowest BCUT2D eigenvalue weighted by molar-refractivity contribution is -0.0535. The van der Waals surface area contributed by atoms with E-state index < -0.39 is 29.2 Å². The Morgan fingerprint density at radius 3 is 2.84 bits per heavy atom. The van der Waals surface area contributed by atoms with Gasteiger partial charge in [-0.1, -0.05) is 55.3 Å². The fraction of sp³-hybridized carbons (Fsp3) is 0.731. The highest BCUT2D eigenvalue weighted by molar-refractivity contribution is 8.76. The summed E-state index contributed by atoms with van der Waals surface area (Å²) in [5, 5.41) is 15.4. The third-order valence-corrected chi connectivity index (χ3v) is 9.50. The fourth-order valence-electron chi connectivity index (χ4n) is 3.72. The highest BCUT2D eigenvalue weighted by Crippen LogP contribution is 2.37. The number of carbonyl (C=O) groups excluding carboxylic acids is 1. The lowest BCUT2D eigenvalue weighted by atomic mass is 9.98. The largest absolute Gasteiger partial charge is 0.444 e. The number of hydrogen-bond acceptors (Lipinski definition) is 15. The Balaban J connectivity index is 1.61. The van der Waals surface area contributed by atoms with E-state index in [2.05, 4.69) is 15.6 Å². The molecular weight excluding hydrogens is 639 g/mol. The Morgan fingerprint density at radius 1 is 1.30 bits per heavy atom. The zero-order valence-electron chi connectivity index (χ0n) is 25.2. The van der Waals surface area contributed by atoms with Crippen LogP contribution in [0.1, 0.15) is 45.4 Å². The Labute approximate surface area is 269 Å². The van der Waals surface area contributed by atoms with Gasteiger partial charge in [-0.15, -0.1) is 0 Å². The zero-order chi connectivity index (χ0) is 31.6. The number of aliphatic hydroxyl groups excluding tert-OH is 1. The summed E-state index contributed by atoms with van der Waals surface area (Å²) in [4.78, 5) is 28.1. The topological polar surface area (TPSA) is 168 Å². The Morgan fingerprint density at radius 2 is 2.09 bits per heavy atom. The maximum absolute atomic E-state index is 12.6. The molecule has 1 aromatic heterocycles. The molecule has 0 radical (unpaired) electrons. The molecular formula is C26H45N5O8S4. The average Bonchev–Trinajstić information content (AvgIpc) is 3.34. The molecule has 1 saturated heterocycles. The molecule has 2 heterocycles. The van der Waals surface area contributed by atoms with Crippen molar-refractivity contribution in [3.8, 4) is 0 Å². The van der Waals surface area contributed by atoms with Crippen LogP contribution in [0.15, 0.2) is 17.1 Å². The third-order valence-electron chi connectivity index (χ3n) is 5.68. The van der Waals surface area contributed by atoms with Gasteiger partial charge in [-0.05, 0) is 27.0 Å². The van der Waals surface area contributed by atoms with Gasteiger partial charge in [0, 0.05) is 55.8 Å². The van der Waals surface area contributed by atoms with E-state index in [4.69, 9.17) is 29.4 Å². The third kappa shape index (κ3) is 15.6. The molecule has 0 aromatic carbocycles. The summed E-state index contributed by atoms with van der Waals surface area (Å²) < 4.78 is 29.4. The SMILES string of the molecule is CSSCOC1(CCO)CO[C@@H](n2cc(/C=C/CNCOCOCCSSCCNC(=O)OC(C)(C)C)c(N)nc2=O)C1. The Kier molecular flexibility index (Phi) is 18.4. The minimum absolute atomic E-state index is 0.0397. The van der Waals surface area contributed by atoms with Gasteiger partial charge in [-0.3, -0.25) is 9.88 Å². The van der Waals surface area contributed by atoms with Crippen LogP contribution in [-0.2, 0) is 23.7 Å². The molecule has 246 valence electrons. The van der Waals surface area contributed by atoms with Crippen molar-refractivity contribution in [3.05, 3.63) is 28.3 Å². The number of carbonyl (C=O) groups is 1. The number of ether oxygens (including phenoxy) is 5. The number of aliphatic hydroxyl groups is 1. The van der Waals surface area contributed by atoms with Crippen LogP contribution < -0.4 is 22.1 Å². The van der Waals surface area contributed by atoms with E-state index >= 15 is 0 Å². The predicted molar refractivity (Wildman–Crippen MR) is 177 cm³/mol. The number of alkyl carbamates (subject to hydrolysis) is 1. The predicted octanol–water partition coefficient (Wildman–Crippen LogP) is 3.31. The minimum Gasteiger partial charge on any atom is -0.444 e. The van der Waals surface area contributed by atoms with E-state index in [0.29, 0.717) is 50.8 Å². The second-order valence-electron chi connectivity index (χ2n) is 10.2. The van der Waals surface area contributed by atoms with Crippen LogP contribution in [0.25, 0.3) is 6.08 Å². The summed E-state index contributed by atoms with van der Waals surface area (Å²) in [6.07, 6.45) is 7.10. The van der Waals surface area contributed by atoms with Crippen molar-refractivity contribution in [2.24, 2.45) is 0 Å². The van der Waals surface area contributed by atoms with Crippen LogP contribution in [0.5, 0.6) is 0 Å². The molecule has 1 unspecified atom stereocenters. The maximum atomic E-state index is 12.6. The highest BCUT2D eigenvalue weighted by atomic mass is 33.1. The van der Waals surface area contributed by atoms with Crippen LogP contribution in [0.4, 0.5) is 10.6 Å². The van der Waals surface area contributed by atoms with Gasteiger partial charge in [0.15, 0.2) is 0 Å². The van der Waals surface area contributed by atoms with Crippen molar-refractivity contribution >= 4 is 61.2 Å². The van der Waals surface area contributed by atoms with E-state index in [9.17, 15) is 14.7 Å². The number of nitrogens with two attached hydrogens (primary N) is 1. The van der Waals surface area contributed by atoms with Crippen LogP contribution >= 0.6 is 43.2 Å². The molecule has 1 aliphatic rings. The molecule has 5 N–H and O–H groups in total. The smallest absolute Gasteiger partial charge is 0.407 e. The van der Waals surface area contributed by atoms with Gasteiger partial charge < -0.3 is 39.8 Å². The Hall–Kier alpha value is -1.15. The first-order valence-electron chi connectivity index (χ1n) is 13.7. The lowest BCUT2D eigenvalue weighted by Gasteiger charge is -2.27. The summed E-state index contributed by atoms with van der Waals surface area (Å²) >= 11 is 0. The van der Waals surface area contributed by atoms with Gasteiger partial charge in [0.1, 0.15) is 30.4 Å². The molecule has 0 saturated carbocycles. The van der Waals surface area contributed by atoms with Gasteiger partial charge in [0.05, 0.1) is 25.5 Å². The number of nitrogens with one attached hydrogen (secondary N) is 2. The van der Waals surface area contributed by atoms with Crippen LogP contribution in [-0.4, -0.2) is 102 Å². The van der Waals surface area contributed by atoms with Gasteiger partial charge in [-0.25, -0.2) is 9.59 Å². The molecule has 0 spiro atoms. The normalized spacial score (nSPS) is 18.9. The molecule has 1 aliphatic heterocycles. The monoisotopic (exact) mass is 683 g/mol. The number of rotatable bonds is 21. The molecule has 17 heteroatoms. The molecule has 2 rings (SSSR count). The molecule has 0 bridgehead atoms. The summed E-state index contributed by atoms with van der Waals surface area (Å²) in [6, 6.07) is 0. The average molecular weight is 684 g/mol. The number of anilines is 1. The van der Waals surface area contributed by atoms with E-state index in [-0.39, 0.29) is 25.8 Å². The second-order valence-corrected chi connectivity index (χ2v) is 15.5. The molecule has 1 aromatic rings. The summed E-state index contributed by atoms with van der Waals surface area (Å²) in [5.74, 6) is 2.16. The molecule has 43 heavy (non-hydrogen) atoms. The molecule has 1 amide bonds. The summed E-state index contributed by atoms with van der Waals surface area (Å²) in [6.45, 7) is 7.79. The lowest BCUT2D eigenvalue weighted by Crippen LogP contribution is -2.35. The van der Waals surface area contributed by atoms with Crippen molar-refractivity contribution in [3.63, 3.8) is 0 Å². The van der Waals surface area contributed by atoms with Crippen molar-refractivity contribution in [2.45, 2.75) is 51.0 Å². The molecule has 1 fully saturated rings. The van der Waals surface area contributed by atoms with Crippen LogP contribution in [0.3, 0.4) is 0 Å². The van der Waals surface area contributed by atoms with E-state index in [1.807, 2.05) is 33.1 Å². The van der Waals surface area contributed by atoms with E-state index in [1.54, 1.807) is 55.4 Å². The summed E-state index contributed by atoms with van der Waals surface area (Å²) in [5.41, 5.74) is 4.92. The Bertz CT molecular complexity index is 1050. The molecule has 2 atom stereocenters. The van der Waals surface area contributed by atoms with Crippen LogP contribution in [0, 0.1) is 0 Å². The van der Waals surface area contributed by atoms with Gasteiger partial charge >= 0.3 is 11.8 Å². The van der Waals surface area contributed by atoms with Crippen molar-refractivity contribution in [2.75, 3.05) is 75.9 Å². The maximum Gasteiger partial charge on any atom is 0.407 e. The minimum atomic E-state index is -0.660. The standard InChI is InChI=1S/C26H45N5O8S4/c1-25(2,3)39-24(34)29-9-12-41-42-13-11-35-18-36-17-28-8-5-6-20-15-31(23(33)30-22(20)27)21-14-26(7-10-32,16-37-21)38-19-43-40-4/h5-6,15,21,28,32H,7-14,16-19H2,1-4H3,(H,29,34)(H2,27,30,33)/b6-5+/t21-,26?/m1/s1. The van der Waals surface area contributed by atoms with Crippen molar-refractivity contribution in [1.29, 1.82) is 0 Å². The van der Waals surface area contributed by atoms with Gasteiger partial charge in [0.2, 0.25) is 0 Å². The second kappa shape index (κ2) is 20.8. The first kappa shape index (κ1) is 38.0. The first-order chi connectivity index (χ1) is 20.6.